The van der Waals surface area contributed by atoms with Gasteiger partial charge >= 0.3 is 0 Å². The number of aromatic nitrogens is 2. The lowest BCUT2D eigenvalue weighted by atomic mass is 10.2. The van der Waals surface area contributed by atoms with E-state index < -0.39 is 0 Å². The molecule has 0 saturated carbocycles. The van der Waals surface area contributed by atoms with Crippen molar-refractivity contribution in [2.45, 2.75) is 13.5 Å². The average molecular weight is 350 g/mol. The number of ether oxygens (including phenoxy) is 1. The Bertz CT molecular complexity index is 929. The van der Waals surface area contributed by atoms with Crippen LogP contribution >= 0.6 is 11.7 Å². The SMILES string of the molecule is Cc1nsnc1COc1cccc(C(=O)Nc2ccc(C#N)cc2)c1. The maximum absolute atomic E-state index is 12.4. The van der Waals surface area contributed by atoms with Crippen LogP contribution in [-0.4, -0.2) is 14.7 Å². The molecule has 0 saturated heterocycles. The number of rotatable bonds is 5. The molecule has 0 unspecified atom stereocenters. The molecule has 0 bridgehead atoms. The van der Waals surface area contributed by atoms with Crippen molar-refractivity contribution < 1.29 is 9.53 Å². The third-order valence-corrected chi connectivity index (χ3v) is 4.15. The number of carbonyl (C=O) groups excluding carboxylic acids is 1. The third kappa shape index (κ3) is 4.19. The predicted octanol–water partition coefficient (Wildman–Crippen LogP) is 3.55. The summed E-state index contributed by atoms with van der Waals surface area (Å²) < 4.78 is 14.0. The normalized spacial score (nSPS) is 10.1. The van der Waals surface area contributed by atoms with Gasteiger partial charge in [-0.05, 0) is 49.4 Å². The van der Waals surface area contributed by atoms with Crippen LogP contribution in [0.1, 0.15) is 27.3 Å². The lowest BCUT2D eigenvalue weighted by Gasteiger charge is -2.08. The minimum Gasteiger partial charge on any atom is -0.487 e. The second-order valence-electron chi connectivity index (χ2n) is 5.26. The largest absolute Gasteiger partial charge is 0.487 e. The van der Waals surface area contributed by atoms with Crippen LogP contribution in [0.4, 0.5) is 5.69 Å². The van der Waals surface area contributed by atoms with Gasteiger partial charge in [-0.15, -0.1) is 0 Å². The summed E-state index contributed by atoms with van der Waals surface area (Å²) in [5.74, 6) is 0.335. The van der Waals surface area contributed by atoms with E-state index in [-0.39, 0.29) is 5.91 Å². The van der Waals surface area contributed by atoms with Crippen molar-refractivity contribution in [3.8, 4) is 11.8 Å². The summed E-state index contributed by atoms with van der Waals surface area (Å²) in [5, 5.41) is 11.6. The van der Waals surface area contributed by atoms with Gasteiger partial charge in [-0.3, -0.25) is 4.79 Å². The monoisotopic (exact) mass is 350 g/mol. The Balaban J connectivity index is 1.66. The number of nitrogens with zero attached hydrogens (tertiary/aromatic N) is 3. The van der Waals surface area contributed by atoms with Crippen LogP contribution in [0.5, 0.6) is 5.75 Å². The molecule has 0 aliphatic carbocycles. The van der Waals surface area contributed by atoms with Crippen LogP contribution in [0.3, 0.4) is 0 Å². The standard InChI is InChI=1S/C18H14N4O2S/c1-12-17(22-25-21-12)11-24-16-4-2-3-14(9-16)18(23)20-15-7-5-13(10-19)6-8-15/h2-9H,11H2,1H3,(H,20,23). The van der Waals surface area contributed by atoms with Crippen molar-refractivity contribution in [3.05, 3.63) is 71.0 Å². The Morgan fingerprint density at radius 2 is 2.04 bits per heavy atom. The minimum absolute atomic E-state index is 0.248. The first-order chi connectivity index (χ1) is 12.2. The van der Waals surface area contributed by atoms with Gasteiger partial charge in [0.2, 0.25) is 0 Å². The fraction of sp³-hybridized carbons (Fsp3) is 0.111. The van der Waals surface area contributed by atoms with Crippen LogP contribution in [0.15, 0.2) is 48.5 Å². The van der Waals surface area contributed by atoms with Gasteiger partial charge in [-0.2, -0.15) is 14.0 Å². The van der Waals surface area contributed by atoms with Gasteiger partial charge in [0.25, 0.3) is 5.91 Å². The van der Waals surface area contributed by atoms with Gasteiger partial charge in [0.1, 0.15) is 18.1 Å². The first-order valence-electron chi connectivity index (χ1n) is 7.48. The molecular formula is C18H14N4O2S. The summed E-state index contributed by atoms with van der Waals surface area (Å²) in [6.45, 7) is 2.19. The lowest BCUT2D eigenvalue weighted by molar-refractivity contribution is 0.102. The van der Waals surface area contributed by atoms with Crippen molar-refractivity contribution in [2.75, 3.05) is 5.32 Å². The van der Waals surface area contributed by atoms with E-state index in [1.165, 1.54) is 0 Å². The molecule has 1 N–H and O–H groups in total. The zero-order valence-electron chi connectivity index (χ0n) is 13.4. The Morgan fingerprint density at radius 3 is 2.72 bits per heavy atom. The van der Waals surface area contributed by atoms with Crippen LogP contribution in [0.2, 0.25) is 0 Å². The zero-order valence-corrected chi connectivity index (χ0v) is 14.2. The van der Waals surface area contributed by atoms with E-state index in [0.29, 0.717) is 29.2 Å². The van der Waals surface area contributed by atoms with Crippen LogP contribution in [0.25, 0.3) is 0 Å². The highest BCUT2D eigenvalue weighted by Gasteiger charge is 2.09. The summed E-state index contributed by atoms with van der Waals surface area (Å²) in [6.07, 6.45) is 0. The van der Waals surface area contributed by atoms with Gasteiger partial charge in [-0.25, -0.2) is 0 Å². The van der Waals surface area contributed by atoms with Crippen LogP contribution in [0, 0.1) is 18.3 Å². The maximum atomic E-state index is 12.4. The Labute approximate surface area is 149 Å². The highest BCUT2D eigenvalue weighted by molar-refractivity contribution is 6.99. The number of hydrogen-bond donors (Lipinski definition) is 1. The van der Waals surface area contributed by atoms with Crippen molar-refractivity contribution in [1.82, 2.24) is 8.75 Å². The van der Waals surface area contributed by atoms with Crippen LogP contribution in [-0.2, 0) is 6.61 Å². The van der Waals surface area contributed by atoms with Gasteiger partial charge in [0.05, 0.1) is 29.1 Å². The van der Waals surface area contributed by atoms with Crippen molar-refractivity contribution in [1.29, 1.82) is 5.26 Å². The molecule has 124 valence electrons. The average Bonchev–Trinajstić information content (AvgIpc) is 3.06. The quantitative estimate of drug-likeness (QED) is 0.760. The molecule has 1 amide bonds. The number of carbonyl (C=O) groups is 1. The maximum Gasteiger partial charge on any atom is 0.255 e. The van der Waals surface area contributed by atoms with Crippen molar-refractivity contribution in [2.24, 2.45) is 0 Å². The fourth-order valence-corrected chi connectivity index (χ4v) is 2.64. The molecule has 6 nitrogen and oxygen atoms in total. The molecule has 3 rings (SSSR count). The van der Waals surface area contributed by atoms with Crippen LogP contribution < -0.4 is 10.1 Å². The van der Waals surface area contributed by atoms with Gasteiger partial charge in [0, 0.05) is 11.3 Å². The smallest absolute Gasteiger partial charge is 0.255 e. The van der Waals surface area contributed by atoms with E-state index in [4.69, 9.17) is 10.00 Å². The fourth-order valence-electron chi connectivity index (χ4n) is 2.09. The highest BCUT2D eigenvalue weighted by atomic mass is 32.1. The molecule has 2 aromatic carbocycles. The molecule has 0 spiro atoms. The first-order valence-corrected chi connectivity index (χ1v) is 8.21. The van der Waals surface area contributed by atoms with Gasteiger partial charge < -0.3 is 10.1 Å². The van der Waals surface area contributed by atoms with E-state index in [2.05, 4.69) is 14.1 Å². The topological polar surface area (TPSA) is 87.9 Å². The first kappa shape index (κ1) is 16.6. The second kappa shape index (κ2) is 7.55. The summed E-state index contributed by atoms with van der Waals surface area (Å²) in [4.78, 5) is 12.4. The lowest BCUT2D eigenvalue weighted by Crippen LogP contribution is -2.12. The molecular weight excluding hydrogens is 336 g/mol. The minimum atomic E-state index is -0.248. The molecule has 3 aromatic rings. The van der Waals surface area contributed by atoms with Gasteiger partial charge in [0.15, 0.2) is 0 Å². The highest BCUT2D eigenvalue weighted by Crippen LogP contribution is 2.17. The number of benzene rings is 2. The van der Waals surface area contributed by atoms with E-state index in [1.54, 1.807) is 48.5 Å². The van der Waals surface area contributed by atoms with Crippen molar-refractivity contribution >= 4 is 23.3 Å². The number of amides is 1. The summed E-state index contributed by atoms with van der Waals surface area (Å²) >= 11 is 1.15. The molecule has 0 aliphatic rings. The van der Waals surface area contributed by atoms with E-state index in [0.717, 1.165) is 23.1 Å². The molecule has 0 fully saturated rings. The van der Waals surface area contributed by atoms with Gasteiger partial charge in [-0.1, -0.05) is 6.07 Å². The number of anilines is 1. The molecule has 1 heterocycles. The second-order valence-corrected chi connectivity index (χ2v) is 5.78. The van der Waals surface area contributed by atoms with E-state index >= 15 is 0 Å². The number of nitriles is 1. The number of hydrogen-bond acceptors (Lipinski definition) is 6. The predicted molar refractivity (Wildman–Crippen MR) is 94.5 cm³/mol. The molecule has 1 aromatic heterocycles. The Kier molecular flexibility index (Phi) is 5.02. The molecule has 0 aliphatic heterocycles. The van der Waals surface area contributed by atoms with E-state index in [9.17, 15) is 4.79 Å². The summed E-state index contributed by atoms with van der Waals surface area (Å²) in [5.41, 5.74) is 3.28. The molecule has 0 atom stereocenters. The molecule has 7 heteroatoms. The number of nitrogens with one attached hydrogen (secondary N) is 1. The number of aryl methyl sites for hydroxylation is 1. The summed E-state index contributed by atoms with van der Waals surface area (Å²) in [6, 6.07) is 15.6. The van der Waals surface area contributed by atoms with E-state index in [1.807, 2.05) is 13.0 Å². The Morgan fingerprint density at radius 1 is 1.24 bits per heavy atom. The summed E-state index contributed by atoms with van der Waals surface area (Å²) in [7, 11) is 0. The molecule has 25 heavy (non-hydrogen) atoms. The third-order valence-electron chi connectivity index (χ3n) is 3.49. The molecule has 0 radical (unpaired) electrons. The zero-order chi connectivity index (χ0) is 17.6. The van der Waals surface area contributed by atoms with Crippen molar-refractivity contribution in [3.63, 3.8) is 0 Å². The Hall–Kier alpha value is -3.24.